The summed E-state index contributed by atoms with van der Waals surface area (Å²) in [6.07, 6.45) is 33.2. The Bertz CT molecular complexity index is 609. The van der Waals surface area contributed by atoms with E-state index in [0.29, 0.717) is 11.1 Å². The quantitative estimate of drug-likeness (QED) is 0.0792. The highest BCUT2D eigenvalue weighted by molar-refractivity contribution is 5.00. The van der Waals surface area contributed by atoms with Gasteiger partial charge in [0.05, 0.1) is 0 Å². The molecule has 0 spiro atoms. The van der Waals surface area contributed by atoms with Crippen LogP contribution in [0.5, 0.6) is 0 Å². The first-order valence-electron chi connectivity index (χ1n) is 21.5. The van der Waals surface area contributed by atoms with Crippen LogP contribution < -0.4 is 10.6 Å². The monoisotopic (exact) mass is 647 g/mol. The third-order valence-corrected chi connectivity index (χ3v) is 12.6. The largest absolute Gasteiger partial charge is 0.316 e. The Morgan fingerprint density at radius 3 is 1.04 bits per heavy atom. The fraction of sp³-hybridized carbons (Fsp3) is 1.00. The maximum absolute atomic E-state index is 3.98. The zero-order valence-electron chi connectivity index (χ0n) is 32.7. The Labute approximate surface area is 290 Å². The Morgan fingerprint density at radius 1 is 0.435 bits per heavy atom. The van der Waals surface area contributed by atoms with Crippen LogP contribution in [0.3, 0.4) is 0 Å². The number of hydrogen-bond acceptors (Lipinski definition) is 4. The molecule has 0 amide bonds. The van der Waals surface area contributed by atoms with Gasteiger partial charge >= 0.3 is 0 Å². The van der Waals surface area contributed by atoms with E-state index in [0.717, 1.165) is 11.8 Å². The van der Waals surface area contributed by atoms with E-state index < -0.39 is 0 Å². The number of rotatable bonds is 29. The van der Waals surface area contributed by atoms with Gasteiger partial charge in [-0.1, -0.05) is 131 Å². The predicted octanol–water partition coefficient (Wildman–Crippen LogP) is 11.0. The third-order valence-electron chi connectivity index (χ3n) is 12.6. The van der Waals surface area contributed by atoms with Gasteiger partial charge < -0.3 is 10.6 Å². The highest BCUT2D eigenvalue weighted by Crippen LogP contribution is 2.43. The zero-order valence-corrected chi connectivity index (χ0v) is 32.7. The van der Waals surface area contributed by atoms with Crippen molar-refractivity contribution in [1.82, 2.24) is 20.4 Å². The smallest absolute Gasteiger partial charge is 0.0249 e. The van der Waals surface area contributed by atoms with E-state index in [1.807, 2.05) is 0 Å². The van der Waals surface area contributed by atoms with E-state index in [2.05, 4.69) is 62.0 Å². The summed E-state index contributed by atoms with van der Waals surface area (Å²) in [5.41, 5.74) is 0.900. The van der Waals surface area contributed by atoms with Crippen LogP contribution in [-0.4, -0.2) is 73.2 Å². The maximum Gasteiger partial charge on any atom is 0.0249 e. The molecule has 4 nitrogen and oxygen atoms in total. The van der Waals surface area contributed by atoms with Crippen LogP contribution in [0.1, 0.15) is 196 Å². The second-order valence-electron chi connectivity index (χ2n) is 15.7. The number of hydrogen-bond donors (Lipinski definition) is 2. The van der Waals surface area contributed by atoms with Gasteiger partial charge in [0.25, 0.3) is 0 Å². The summed E-state index contributed by atoms with van der Waals surface area (Å²) < 4.78 is 0. The third kappa shape index (κ3) is 13.6. The Hall–Kier alpha value is -0.160. The van der Waals surface area contributed by atoms with Crippen LogP contribution >= 0.6 is 0 Å². The summed E-state index contributed by atoms with van der Waals surface area (Å²) in [7, 11) is 0. The summed E-state index contributed by atoms with van der Waals surface area (Å²) in [6, 6.07) is 0. The van der Waals surface area contributed by atoms with Crippen molar-refractivity contribution >= 4 is 0 Å². The molecule has 2 N–H and O–H groups in total. The van der Waals surface area contributed by atoms with Crippen LogP contribution in [0.2, 0.25) is 0 Å². The van der Waals surface area contributed by atoms with E-state index in [1.165, 1.54) is 206 Å². The van der Waals surface area contributed by atoms with Crippen molar-refractivity contribution in [3.8, 4) is 0 Å². The fourth-order valence-electron chi connectivity index (χ4n) is 9.64. The summed E-state index contributed by atoms with van der Waals surface area (Å²) >= 11 is 0. The molecular formula is C42H86N4. The van der Waals surface area contributed by atoms with Crippen LogP contribution in [0.15, 0.2) is 0 Å². The lowest BCUT2D eigenvalue weighted by Gasteiger charge is -2.52. The Morgan fingerprint density at radius 2 is 0.761 bits per heavy atom. The molecule has 2 unspecified atom stereocenters. The molecular weight excluding hydrogens is 560 g/mol. The molecule has 0 radical (unpaired) electrons. The van der Waals surface area contributed by atoms with E-state index in [9.17, 15) is 0 Å². The van der Waals surface area contributed by atoms with Gasteiger partial charge in [0.15, 0.2) is 0 Å². The lowest BCUT2D eigenvalue weighted by Crippen LogP contribution is -2.57. The first-order valence-corrected chi connectivity index (χ1v) is 21.5. The SMILES string of the molecule is CCCCN(CCCC)C1(C(CC)CNCCCCCCNCC(CC)C2(N(CCCC)CCCC)CCCCC2)CCCCC1. The summed E-state index contributed by atoms with van der Waals surface area (Å²) in [6.45, 7) is 24.5. The molecule has 2 saturated carbocycles. The normalized spacial score (nSPS) is 19.6. The maximum atomic E-state index is 3.98. The molecule has 4 heteroatoms. The molecule has 0 aliphatic heterocycles. The van der Waals surface area contributed by atoms with Crippen LogP contribution in [-0.2, 0) is 0 Å². The average Bonchev–Trinajstić information content (AvgIpc) is 3.09. The van der Waals surface area contributed by atoms with Gasteiger partial charge in [0, 0.05) is 11.1 Å². The minimum atomic E-state index is 0.450. The zero-order chi connectivity index (χ0) is 33.4. The molecule has 0 heterocycles. The molecule has 0 aromatic rings. The summed E-state index contributed by atoms with van der Waals surface area (Å²) in [4.78, 5) is 5.99. The minimum absolute atomic E-state index is 0.450. The van der Waals surface area contributed by atoms with E-state index in [-0.39, 0.29) is 0 Å². The molecule has 0 bridgehead atoms. The van der Waals surface area contributed by atoms with Gasteiger partial charge in [-0.05, 0) is 128 Å². The lowest BCUT2D eigenvalue weighted by atomic mass is 9.70. The van der Waals surface area contributed by atoms with Gasteiger partial charge in [0.1, 0.15) is 0 Å². The van der Waals surface area contributed by atoms with E-state index >= 15 is 0 Å². The highest BCUT2D eigenvalue weighted by atomic mass is 15.2. The minimum Gasteiger partial charge on any atom is -0.316 e. The molecule has 2 aliphatic rings. The molecule has 0 saturated heterocycles. The number of nitrogens with one attached hydrogen (secondary N) is 2. The van der Waals surface area contributed by atoms with Gasteiger partial charge in [-0.3, -0.25) is 9.80 Å². The van der Waals surface area contributed by atoms with Crippen molar-refractivity contribution in [3.05, 3.63) is 0 Å². The molecule has 274 valence electrons. The van der Waals surface area contributed by atoms with Crippen LogP contribution in [0.4, 0.5) is 0 Å². The van der Waals surface area contributed by atoms with Crippen molar-refractivity contribution < 1.29 is 0 Å². The highest BCUT2D eigenvalue weighted by Gasteiger charge is 2.44. The standard InChI is InChI=1S/C42H86N4/c1-7-13-33-45(34-14-8-2)41(27-21-19-22-28-41)39(11-5)37-43-31-25-17-18-26-32-44-38-40(12-6)42(29-23-20-24-30-42)46(35-15-9-3)36-16-10-4/h39-40,43-44H,7-38H2,1-6H3. The second kappa shape index (κ2) is 25.8. The Balaban J connectivity index is 1.76. The Kier molecular flexibility index (Phi) is 23.5. The molecule has 46 heavy (non-hydrogen) atoms. The first kappa shape index (κ1) is 42.0. The van der Waals surface area contributed by atoms with Gasteiger partial charge in [-0.2, -0.15) is 0 Å². The van der Waals surface area contributed by atoms with E-state index in [4.69, 9.17) is 0 Å². The first-order chi connectivity index (χ1) is 22.6. The van der Waals surface area contributed by atoms with Crippen molar-refractivity contribution in [2.45, 2.75) is 207 Å². The van der Waals surface area contributed by atoms with Crippen molar-refractivity contribution in [1.29, 1.82) is 0 Å². The van der Waals surface area contributed by atoms with Gasteiger partial charge in [0.2, 0.25) is 0 Å². The number of nitrogens with zero attached hydrogens (tertiary/aromatic N) is 2. The van der Waals surface area contributed by atoms with Crippen molar-refractivity contribution in [2.75, 3.05) is 52.4 Å². The molecule has 0 aromatic carbocycles. The van der Waals surface area contributed by atoms with Crippen molar-refractivity contribution in [2.24, 2.45) is 11.8 Å². The predicted molar refractivity (Wildman–Crippen MR) is 206 cm³/mol. The topological polar surface area (TPSA) is 30.5 Å². The summed E-state index contributed by atoms with van der Waals surface area (Å²) in [5, 5.41) is 7.97. The van der Waals surface area contributed by atoms with Crippen LogP contribution in [0, 0.1) is 11.8 Å². The molecule has 0 aromatic heterocycles. The van der Waals surface area contributed by atoms with Crippen molar-refractivity contribution in [3.63, 3.8) is 0 Å². The molecule has 2 atom stereocenters. The molecule has 2 aliphatic carbocycles. The van der Waals surface area contributed by atoms with Gasteiger partial charge in [-0.25, -0.2) is 0 Å². The fourth-order valence-corrected chi connectivity index (χ4v) is 9.64. The molecule has 2 fully saturated rings. The second-order valence-corrected chi connectivity index (χ2v) is 15.7. The lowest BCUT2D eigenvalue weighted by molar-refractivity contribution is -0.00562. The van der Waals surface area contributed by atoms with Gasteiger partial charge in [-0.15, -0.1) is 0 Å². The van der Waals surface area contributed by atoms with E-state index in [1.54, 1.807) is 0 Å². The molecule has 2 rings (SSSR count). The van der Waals surface area contributed by atoms with Crippen LogP contribution in [0.25, 0.3) is 0 Å². The average molecular weight is 647 g/mol. The summed E-state index contributed by atoms with van der Waals surface area (Å²) in [5.74, 6) is 1.59. The number of unbranched alkanes of at least 4 members (excludes halogenated alkanes) is 7.